The fraction of sp³-hybridized carbons (Fsp3) is 0.440. The number of hydrogen-bond acceptors (Lipinski definition) is 5. The molecule has 1 aliphatic heterocycles. The van der Waals surface area contributed by atoms with Gasteiger partial charge in [-0.15, -0.1) is 0 Å². The van der Waals surface area contributed by atoms with E-state index in [1.165, 1.54) is 0 Å². The normalized spacial score (nSPS) is 23.5. The number of nitrogens with one attached hydrogen (secondary N) is 1. The first-order valence-electron chi connectivity index (χ1n) is 11.3. The first-order valence-corrected chi connectivity index (χ1v) is 11.3. The predicted octanol–water partition coefficient (Wildman–Crippen LogP) is 3.01. The molecular formula is C25H31N3O4. The second-order valence-corrected chi connectivity index (χ2v) is 8.70. The molecule has 1 saturated carbocycles. The third-order valence-electron chi connectivity index (χ3n) is 6.60. The van der Waals surface area contributed by atoms with Crippen LogP contribution in [0.5, 0.6) is 5.75 Å². The lowest BCUT2D eigenvalue weighted by Crippen LogP contribution is -2.53. The van der Waals surface area contributed by atoms with Crippen LogP contribution in [0.3, 0.4) is 0 Å². The number of piperazine rings is 1. The van der Waals surface area contributed by atoms with Crippen LogP contribution in [0.1, 0.15) is 24.8 Å². The third-order valence-corrected chi connectivity index (χ3v) is 6.60. The summed E-state index contributed by atoms with van der Waals surface area (Å²) in [5, 5.41) is 9.29. The number of ether oxygens (including phenoxy) is 1. The number of benzene rings is 2. The summed E-state index contributed by atoms with van der Waals surface area (Å²) in [6, 6.07) is 18.0. The van der Waals surface area contributed by atoms with E-state index in [2.05, 4.69) is 17.0 Å². The second-order valence-electron chi connectivity index (χ2n) is 8.70. The number of anilines is 1. The number of carbonyl (C=O) groups excluding carboxylic acids is 2. The minimum absolute atomic E-state index is 0.0000904. The topological polar surface area (TPSA) is 82.1 Å². The molecule has 32 heavy (non-hydrogen) atoms. The lowest BCUT2D eigenvalue weighted by Gasteiger charge is -2.40. The summed E-state index contributed by atoms with van der Waals surface area (Å²) < 4.78 is 6.08. The Labute approximate surface area is 188 Å². The second kappa shape index (κ2) is 10.0. The number of carbonyl (C=O) groups is 2. The molecular weight excluding hydrogens is 406 g/mol. The highest BCUT2D eigenvalue weighted by molar-refractivity contribution is 5.87. The standard InChI is InChI=1S/C25H31N3O4/c1-18-7-9-20(10-8-18)32-21-11-12-22(23(17-21)24(29)26-31)25(30)28-15-13-27(14-16-28)19-5-3-2-4-6-19/h2-10,21-23,31H,11-17H2,1H3,(H,26,29)/t21-,22+,23+/m1/s1. The Balaban J connectivity index is 1.38. The number of nitrogens with zero attached hydrogens (tertiary/aromatic N) is 2. The molecule has 0 unspecified atom stereocenters. The van der Waals surface area contributed by atoms with Crippen molar-refractivity contribution in [3.63, 3.8) is 0 Å². The van der Waals surface area contributed by atoms with Gasteiger partial charge in [0.1, 0.15) is 5.75 Å². The van der Waals surface area contributed by atoms with Crippen molar-refractivity contribution >= 4 is 17.5 Å². The van der Waals surface area contributed by atoms with Gasteiger partial charge in [0.25, 0.3) is 0 Å². The van der Waals surface area contributed by atoms with E-state index >= 15 is 0 Å². The van der Waals surface area contributed by atoms with E-state index in [0.717, 1.165) is 30.1 Å². The highest BCUT2D eigenvalue weighted by Gasteiger charge is 2.42. The van der Waals surface area contributed by atoms with Crippen molar-refractivity contribution in [3.05, 3.63) is 60.2 Å². The number of aryl methyl sites for hydroxylation is 1. The van der Waals surface area contributed by atoms with Gasteiger partial charge in [0.2, 0.25) is 11.8 Å². The zero-order chi connectivity index (χ0) is 22.5. The molecule has 1 heterocycles. The SMILES string of the molecule is Cc1ccc(O[C@@H]2CC[C@H](C(=O)N3CCN(c4ccccc4)CC3)[C@@H](C(=O)NO)C2)cc1. The van der Waals surface area contributed by atoms with Gasteiger partial charge < -0.3 is 14.5 Å². The zero-order valence-corrected chi connectivity index (χ0v) is 18.4. The maximum atomic E-state index is 13.3. The molecule has 7 nitrogen and oxygen atoms in total. The molecule has 4 rings (SSSR count). The van der Waals surface area contributed by atoms with Gasteiger partial charge in [-0.1, -0.05) is 35.9 Å². The third kappa shape index (κ3) is 5.05. The van der Waals surface area contributed by atoms with Crippen LogP contribution in [0.25, 0.3) is 0 Å². The number of amides is 2. The van der Waals surface area contributed by atoms with Gasteiger partial charge in [-0.25, -0.2) is 5.48 Å². The van der Waals surface area contributed by atoms with Crippen molar-refractivity contribution in [2.45, 2.75) is 32.3 Å². The maximum absolute atomic E-state index is 13.3. The Morgan fingerprint density at radius 1 is 0.938 bits per heavy atom. The Kier molecular flexibility index (Phi) is 6.95. The molecule has 0 radical (unpaired) electrons. The summed E-state index contributed by atoms with van der Waals surface area (Å²) in [6.45, 7) is 4.79. The van der Waals surface area contributed by atoms with Gasteiger partial charge >= 0.3 is 0 Å². The van der Waals surface area contributed by atoms with Gasteiger partial charge in [-0.05, 0) is 50.5 Å². The van der Waals surface area contributed by atoms with E-state index < -0.39 is 17.7 Å². The number of hydrogen-bond donors (Lipinski definition) is 2. The van der Waals surface area contributed by atoms with Crippen molar-refractivity contribution in [2.24, 2.45) is 11.8 Å². The van der Waals surface area contributed by atoms with Crippen molar-refractivity contribution in [1.29, 1.82) is 0 Å². The molecule has 0 spiro atoms. The Bertz CT molecular complexity index is 911. The molecule has 0 bridgehead atoms. The number of rotatable bonds is 5. The predicted molar refractivity (Wildman–Crippen MR) is 122 cm³/mol. The van der Waals surface area contributed by atoms with Crippen LogP contribution in [-0.2, 0) is 9.59 Å². The fourth-order valence-corrected chi connectivity index (χ4v) is 4.77. The van der Waals surface area contributed by atoms with Gasteiger partial charge in [0, 0.05) is 31.9 Å². The van der Waals surface area contributed by atoms with Gasteiger partial charge in [-0.2, -0.15) is 0 Å². The minimum Gasteiger partial charge on any atom is -0.490 e. The number of hydroxylamine groups is 1. The van der Waals surface area contributed by atoms with Crippen LogP contribution in [0.2, 0.25) is 0 Å². The Hall–Kier alpha value is -3.06. The molecule has 2 amide bonds. The molecule has 3 atom stereocenters. The first-order chi connectivity index (χ1) is 15.5. The Morgan fingerprint density at radius 2 is 1.62 bits per heavy atom. The van der Waals surface area contributed by atoms with E-state index in [1.54, 1.807) is 5.48 Å². The molecule has 2 aromatic carbocycles. The summed E-state index contributed by atoms with van der Waals surface area (Å²) in [5.41, 5.74) is 4.08. The van der Waals surface area contributed by atoms with Crippen LogP contribution < -0.4 is 15.1 Å². The molecule has 1 aliphatic carbocycles. The van der Waals surface area contributed by atoms with Crippen LogP contribution in [0.4, 0.5) is 5.69 Å². The monoisotopic (exact) mass is 437 g/mol. The first kappa shape index (κ1) is 22.1. The lowest BCUT2D eigenvalue weighted by molar-refractivity contribution is -0.148. The summed E-state index contributed by atoms with van der Waals surface area (Å²) in [5.74, 6) is -0.804. The van der Waals surface area contributed by atoms with Crippen molar-refractivity contribution < 1.29 is 19.5 Å². The highest BCUT2D eigenvalue weighted by Crippen LogP contribution is 2.34. The van der Waals surface area contributed by atoms with Crippen LogP contribution in [-0.4, -0.2) is 54.2 Å². The quantitative estimate of drug-likeness (QED) is 0.555. The minimum atomic E-state index is -0.608. The van der Waals surface area contributed by atoms with Crippen molar-refractivity contribution in [3.8, 4) is 5.75 Å². The fourth-order valence-electron chi connectivity index (χ4n) is 4.77. The molecule has 2 N–H and O–H groups in total. The van der Waals surface area contributed by atoms with Gasteiger partial charge in [0.15, 0.2) is 0 Å². The lowest BCUT2D eigenvalue weighted by atomic mass is 9.76. The van der Waals surface area contributed by atoms with E-state index in [4.69, 9.17) is 4.74 Å². The van der Waals surface area contributed by atoms with Crippen molar-refractivity contribution in [2.75, 3.05) is 31.1 Å². The highest BCUT2D eigenvalue weighted by atomic mass is 16.5. The molecule has 1 saturated heterocycles. The summed E-state index contributed by atoms with van der Waals surface area (Å²) in [6.07, 6.45) is 1.50. The van der Waals surface area contributed by atoms with E-state index in [9.17, 15) is 14.8 Å². The van der Waals surface area contributed by atoms with E-state index in [1.807, 2.05) is 54.3 Å². The van der Waals surface area contributed by atoms with Crippen molar-refractivity contribution in [1.82, 2.24) is 10.4 Å². The Morgan fingerprint density at radius 3 is 2.28 bits per heavy atom. The molecule has 2 aliphatic rings. The molecule has 2 fully saturated rings. The van der Waals surface area contributed by atoms with Gasteiger partial charge in [-0.3, -0.25) is 14.8 Å². The average molecular weight is 438 g/mol. The molecule has 7 heteroatoms. The largest absolute Gasteiger partial charge is 0.490 e. The van der Waals surface area contributed by atoms with Crippen LogP contribution in [0, 0.1) is 18.8 Å². The zero-order valence-electron chi connectivity index (χ0n) is 18.4. The van der Waals surface area contributed by atoms with Gasteiger partial charge in [0.05, 0.1) is 17.9 Å². The van der Waals surface area contributed by atoms with E-state index in [-0.39, 0.29) is 12.0 Å². The summed E-state index contributed by atoms with van der Waals surface area (Å²) in [7, 11) is 0. The average Bonchev–Trinajstić information content (AvgIpc) is 2.85. The van der Waals surface area contributed by atoms with E-state index in [0.29, 0.717) is 32.4 Å². The van der Waals surface area contributed by atoms with Crippen LogP contribution in [0.15, 0.2) is 54.6 Å². The molecule has 2 aromatic rings. The summed E-state index contributed by atoms with van der Waals surface area (Å²) >= 11 is 0. The molecule has 170 valence electrons. The maximum Gasteiger partial charge on any atom is 0.247 e. The smallest absolute Gasteiger partial charge is 0.247 e. The van der Waals surface area contributed by atoms with Crippen LogP contribution >= 0.6 is 0 Å². The summed E-state index contributed by atoms with van der Waals surface area (Å²) in [4.78, 5) is 29.9. The molecule has 0 aromatic heterocycles. The number of para-hydroxylation sites is 1.